The molecule has 0 bridgehead atoms. The molecule has 1 atom stereocenters. The molecule has 2 aliphatic heterocycles. The quantitative estimate of drug-likeness (QED) is 0.619. The van der Waals surface area contributed by atoms with Crippen LogP contribution < -0.4 is 15.5 Å². The zero-order valence-corrected chi connectivity index (χ0v) is 16.4. The Kier molecular flexibility index (Phi) is 4.25. The van der Waals surface area contributed by atoms with Crippen LogP contribution in [0.5, 0.6) is 5.75 Å². The Balaban J connectivity index is 1.59. The molecule has 1 unspecified atom stereocenters. The van der Waals surface area contributed by atoms with Crippen LogP contribution in [0.1, 0.15) is 12.5 Å². The second kappa shape index (κ2) is 7.08. The number of para-hydroxylation sites is 2. The minimum Gasteiger partial charge on any atom is -0.508 e. The number of guanidine groups is 1. The first-order valence-electron chi connectivity index (χ1n) is 9.76. The Hall–Kier alpha value is -4.06. The molecule has 0 saturated carbocycles. The third-order valence-electron chi connectivity index (χ3n) is 5.19. The molecule has 2 heterocycles. The summed E-state index contributed by atoms with van der Waals surface area (Å²) in [5.41, 5.74) is 2.79. The highest BCUT2D eigenvalue weighted by Crippen LogP contribution is 2.40. The second-order valence-corrected chi connectivity index (χ2v) is 7.30. The molecule has 6 nitrogen and oxygen atoms in total. The number of anilines is 2. The van der Waals surface area contributed by atoms with E-state index in [1.54, 1.807) is 12.1 Å². The molecule has 0 fully saturated rings. The van der Waals surface area contributed by atoms with Crippen molar-refractivity contribution in [2.75, 3.05) is 10.2 Å². The van der Waals surface area contributed by atoms with Crippen molar-refractivity contribution in [2.45, 2.75) is 12.6 Å². The number of nitrogens with zero attached hydrogens (tertiary/aromatic N) is 3. The number of nitrogens with one attached hydrogen (secondary N) is 2. The van der Waals surface area contributed by atoms with Gasteiger partial charge in [0.2, 0.25) is 5.96 Å². The van der Waals surface area contributed by atoms with Gasteiger partial charge in [-0.25, -0.2) is 9.98 Å². The average Bonchev–Trinajstić information content (AvgIpc) is 3.07. The summed E-state index contributed by atoms with van der Waals surface area (Å²) in [6.45, 7) is 2.04. The van der Waals surface area contributed by atoms with Crippen molar-refractivity contribution in [1.29, 1.82) is 0 Å². The fraction of sp³-hybridized carbons (Fsp3) is 0.0833. The average molecular weight is 395 g/mol. The smallest absolute Gasteiger partial charge is 0.202 e. The maximum absolute atomic E-state index is 10.0. The van der Waals surface area contributed by atoms with E-state index in [1.165, 1.54) is 0 Å². The summed E-state index contributed by atoms with van der Waals surface area (Å²) >= 11 is 0. The minimum absolute atomic E-state index is 0.199. The molecule has 0 amide bonds. The van der Waals surface area contributed by atoms with E-state index in [9.17, 15) is 5.11 Å². The van der Waals surface area contributed by atoms with Crippen LogP contribution in [-0.2, 0) is 0 Å². The van der Waals surface area contributed by atoms with E-state index in [0.29, 0.717) is 5.96 Å². The molecule has 3 aromatic carbocycles. The number of hydrogen-bond acceptors (Lipinski definition) is 6. The number of phenols is 1. The molecule has 0 radical (unpaired) electrons. The van der Waals surface area contributed by atoms with Gasteiger partial charge in [0.25, 0.3) is 0 Å². The van der Waals surface area contributed by atoms with Crippen LogP contribution in [0, 0.1) is 0 Å². The lowest BCUT2D eigenvalue weighted by atomic mass is 10.1. The lowest BCUT2D eigenvalue weighted by Crippen LogP contribution is -2.50. The molecular weight excluding hydrogens is 374 g/mol. The summed E-state index contributed by atoms with van der Waals surface area (Å²) in [6, 6.07) is 27.1. The van der Waals surface area contributed by atoms with Gasteiger partial charge >= 0.3 is 0 Å². The van der Waals surface area contributed by atoms with Gasteiger partial charge in [-0.3, -0.25) is 4.90 Å². The Morgan fingerprint density at radius 1 is 0.933 bits per heavy atom. The number of amidine groups is 1. The standard InChI is InChI=1S/C24H21N5O/c1-24-21(16-25-23(28-24)26-18-10-4-2-5-11-18)27-22(17-9-8-14-20(30)15-17)29(24)19-12-6-3-7-13-19/h2-16,30H,1H3,(H2,25,26,28). The number of hydrogen-bond donors (Lipinski definition) is 3. The predicted octanol–water partition coefficient (Wildman–Crippen LogP) is 4.29. The Labute approximate surface area is 174 Å². The molecular formula is C24H21N5O. The maximum Gasteiger partial charge on any atom is 0.202 e. The second-order valence-electron chi connectivity index (χ2n) is 7.30. The zero-order chi connectivity index (χ0) is 20.6. The van der Waals surface area contributed by atoms with E-state index in [2.05, 4.69) is 15.5 Å². The summed E-state index contributed by atoms with van der Waals surface area (Å²) < 4.78 is 0. The SMILES string of the molecule is CC12N=C(Nc3ccccc3)NC=C1N=C(c1cccc(O)c1)N2c1ccccc1. The molecule has 30 heavy (non-hydrogen) atoms. The van der Waals surface area contributed by atoms with E-state index in [1.807, 2.05) is 85.9 Å². The van der Waals surface area contributed by atoms with Crippen molar-refractivity contribution in [3.63, 3.8) is 0 Å². The van der Waals surface area contributed by atoms with Gasteiger partial charge in [0.15, 0.2) is 5.66 Å². The van der Waals surface area contributed by atoms with Crippen LogP contribution in [-0.4, -0.2) is 22.6 Å². The molecule has 0 aliphatic carbocycles. The van der Waals surface area contributed by atoms with Crippen LogP contribution in [0.25, 0.3) is 0 Å². The van der Waals surface area contributed by atoms with Crippen molar-refractivity contribution in [2.24, 2.45) is 9.98 Å². The van der Waals surface area contributed by atoms with Crippen LogP contribution >= 0.6 is 0 Å². The van der Waals surface area contributed by atoms with Crippen molar-refractivity contribution < 1.29 is 5.11 Å². The first-order chi connectivity index (χ1) is 14.6. The number of aliphatic imine (C=N–C) groups is 2. The number of benzene rings is 3. The third-order valence-corrected chi connectivity index (χ3v) is 5.19. The van der Waals surface area contributed by atoms with Crippen molar-refractivity contribution in [1.82, 2.24) is 5.32 Å². The molecule has 5 rings (SSSR count). The number of fused-ring (bicyclic) bond motifs is 1. The van der Waals surface area contributed by atoms with Gasteiger partial charge in [0, 0.05) is 23.1 Å². The fourth-order valence-electron chi connectivity index (χ4n) is 3.77. The summed E-state index contributed by atoms with van der Waals surface area (Å²) in [5.74, 6) is 1.57. The van der Waals surface area contributed by atoms with Crippen LogP contribution in [0.15, 0.2) is 107 Å². The molecule has 2 aliphatic rings. The van der Waals surface area contributed by atoms with E-state index in [4.69, 9.17) is 9.98 Å². The summed E-state index contributed by atoms with van der Waals surface area (Å²) in [4.78, 5) is 12.0. The largest absolute Gasteiger partial charge is 0.508 e. The fourth-order valence-corrected chi connectivity index (χ4v) is 3.77. The normalized spacial score (nSPS) is 19.9. The van der Waals surface area contributed by atoms with Gasteiger partial charge < -0.3 is 15.7 Å². The molecule has 3 N–H and O–H groups in total. The zero-order valence-electron chi connectivity index (χ0n) is 16.4. The van der Waals surface area contributed by atoms with E-state index in [0.717, 1.165) is 28.5 Å². The minimum atomic E-state index is -0.746. The van der Waals surface area contributed by atoms with Gasteiger partial charge in [0.05, 0.1) is 0 Å². The Morgan fingerprint density at radius 3 is 2.40 bits per heavy atom. The first-order valence-corrected chi connectivity index (χ1v) is 9.76. The van der Waals surface area contributed by atoms with Gasteiger partial charge in [0.1, 0.15) is 17.3 Å². The maximum atomic E-state index is 10.0. The Morgan fingerprint density at radius 2 is 1.67 bits per heavy atom. The lowest BCUT2D eigenvalue weighted by molar-refractivity contribution is 0.475. The molecule has 6 heteroatoms. The van der Waals surface area contributed by atoms with Crippen LogP contribution in [0.3, 0.4) is 0 Å². The van der Waals surface area contributed by atoms with E-state index < -0.39 is 5.66 Å². The monoisotopic (exact) mass is 395 g/mol. The van der Waals surface area contributed by atoms with E-state index >= 15 is 0 Å². The first kappa shape index (κ1) is 18.0. The summed E-state index contributed by atoms with van der Waals surface area (Å²) in [5, 5.41) is 16.6. The van der Waals surface area contributed by atoms with Gasteiger partial charge in [-0.05, 0) is 43.3 Å². The number of rotatable bonds is 3. The lowest BCUT2D eigenvalue weighted by Gasteiger charge is -2.36. The number of phenolic OH excluding ortho intramolecular Hbond substituents is 1. The van der Waals surface area contributed by atoms with Gasteiger partial charge in [-0.15, -0.1) is 0 Å². The van der Waals surface area contributed by atoms with Gasteiger partial charge in [-0.1, -0.05) is 48.5 Å². The van der Waals surface area contributed by atoms with Crippen molar-refractivity contribution in [3.8, 4) is 5.75 Å². The molecule has 0 aromatic heterocycles. The van der Waals surface area contributed by atoms with Crippen LogP contribution in [0.4, 0.5) is 11.4 Å². The molecule has 0 spiro atoms. The summed E-state index contributed by atoms with van der Waals surface area (Å²) in [6.07, 6.45) is 1.88. The van der Waals surface area contributed by atoms with E-state index in [-0.39, 0.29) is 5.75 Å². The molecule has 0 saturated heterocycles. The third kappa shape index (κ3) is 3.08. The van der Waals surface area contributed by atoms with Crippen LogP contribution in [0.2, 0.25) is 0 Å². The summed E-state index contributed by atoms with van der Waals surface area (Å²) in [7, 11) is 0. The Bertz CT molecular complexity index is 1170. The number of aromatic hydroxyl groups is 1. The molecule has 148 valence electrons. The topological polar surface area (TPSA) is 72.2 Å². The predicted molar refractivity (Wildman–Crippen MR) is 121 cm³/mol. The molecule has 3 aromatic rings. The highest BCUT2D eigenvalue weighted by molar-refractivity contribution is 6.14. The highest BCUT2D eigenvalue weighted by atomic mass is 16.3. The van der Waals surface area contributed by atoms with Crippen molar-refractivity contribution in [3.05, 3.63) is 102 Å². The van der Waals surface area contributed by atoms with Gasteiger partial charge in [-0.2, -0.15) is 0 Å². The van der Waals surface area contributed by atoms with Crippen molar-refractivity contribution >= 4 is 23.2 Å². The highest BCUT2D eigenvalue weighted by Gasteiger charge is 2.46.